The highest BCUT2D eigenvalue weighted by atomic mass is 16.1. The van der Waals surface area contributed by atoms with Gasteiger partial charge in [0.15, 0.2) is 0 Å². The molecule has 0 N–H and O–H groups in total. The van der Waals surface area contributed by atoms with E-state index in [-0.39, 0.29) is 5.56 Å². The second-order valence-corrected chi connectivity index (χ2v) is 6.97. The minimum absolute atomic E-state index is 0.0168. The van der Waals surface area contributed by atoms with E-state index < -0.39 is 0 Å². The van der Waals surface area contributed by atoms with E-state index in [4.69, 9.17) is 0 Å². The normalized spacial score (nSPS) is 14.6. The van der Waals surface area contributed by atoms with Crippen molar-refractivity contribution in [3.8, 4) is 0 Å². The largest absolute Gasteiger partial charge is 0.368 e. The molecule has 4 rings (SSSR count). The number of aromatic nitrogens is 4. The van der Waals surface area contributed by atoms with Gasteiger partial charge >= 0.3 is 0 Å². The van der Waals surface area contributed by atoms with Crippen LogP contribution in [0.5, 0.6) is 0 Å². The Bertz CT molecular complexity index is 1020. The summed E-state index contributed by atoms with van der Waals surface area (Å²) in [6, 6.07) is 7.91. The number of hydrogen-bond donors (Lipinski definition) is 0. The molecule has 1 aliphatic heterocycles. The molecule has 0 atom stereocenters. The molecule has 0 saturated carbocycles. The molecule has 8 nitrogen and oxygen atoms in total. The molecule has 1 saturated heterocycles. The van der Waals surface area contributed by atoms with E-state index in [9.17, 15) is 4.79 Å². The van der Waals surface area contributed by atoms with Crippen LogP contribution in [0.4, 0.5) is 17.3 Å². The van der Waals surface area contributed by atoms with Crippen molar-refractivity contribution in [2.45, 2.75) is 0 Å². The van der Waals surface area contributed by atoms with Crippen LogP contribution in [0.3, 0.4) is 0 Å². The van der Waals surface area contributed by atoms with Crippen molar-refractivity contribution in [3.05, 3.63) is 47.3 Å². The summed E-state index contributed by atoms with van der Waals surface area (Å²) < 4.78 is 1.50. The Morgan fingerprint density at radius 2 is 1.70 bits per heavy atom. The number of anilines is 3. The summed E-state index contributed by atoms with van der Waals surface area (Å²) in [6.07, 6.45) is 3.19. The third-order valence-corrected chi connectivity index (χ3v) is 4.97. The molecule has 0 amide bonds. The van der Waals surface area contributed by atoms with Crippen LogP contribution >= 0.6 is 0 Å². The highest BCUT2D eigenvalue weighted by Gasteiger charge is 2.19. The maximum absolute atomic E-state index is 12.2. The Balaban J connectivity index is 1.51. The van der Waals surface area contributed by atoms with Crippen LogP contribution < -0.4 is 20.3 Å². The molecule has 27 heavy (non-hydrogen) atoms. The van der Waals surface area contributed by atoms with Crippen molar-refractivity contribution in [1.29, 1.82) is 0 Å². The van der Waals surface area contributed by atoms with E-state index in [2.05, 4.69) is 24.8 Å². The van der Waals surface area contributed by atoms with Crippen molar-refractivity contribution >= 4 is 28.2 Å². The first-order valence-corrected chi connectivity index (χ1v) is 8.97. The predicted molar refractivity (Wildman–Crippen MR) is 108 cm³/mol. The molecule has 0 bridgehead atoms. The number of aryl methyl sites for hydroxylation is 1. The zero-order valence-electron chi connectivity index (χ0n) is 15.8. The Kier molecular flexibility index (Phi) is 4.39. The highest BCUT2D eigenvalue weighted by Crippen LogP contribution is 2.23. The Hall–Kier alpha value is -3.16. The summed E-state index contributed by atoms with van der Waals surface area (Å²) in [6.45, 7) is 3.53. The Labute approximate surface area is 157 Å². The lowest BCUT2D eigenvalue weighted by Crippen LogP contribution is -2.46. The van der Waals surface area contributed by atoms with Crippen molar-refractivity contribution in [2.24, 2.45) is 7.05 Å². The topological polar surface area (TPSA) is 70.4 Å². The van der Waals surface area contributed by atoms with Gasteiger partial charge < -0.3 is 19.3 Å². The lowest BCUT2D eigenvalue weighted by atomic mass is 10.2. The van der Waals surface area contributed by atoms with Crippen LogP contribution in [-0.4, -0.2) is 59.8 Å². The molecular formula is C19H23N7O. The summed E-state index contributed by atoms with van der Waals surface area (Å²) in [4.78, 5) is 31.9. The summed E-state index contributed by atoms with van der Waals surface area (Å²) in [5.41, 5.74) is 1.82. The first-order chi connectivity index (χ1) is 13.0. The summed E-state index contributed by atoms with van der Waals surface area (Å²) >= 11 is 0. The van der Waals surface area contributed by atoms with Crippen LogP contribution in [0.25, 0.3) is 10.9 Å². The third-order valence-electron chi connectivity index (χ3n) is 4.97. The second kappa shape index (κ2) is 6.86. The fraction of sp³-hybridized carbons (Fsp3) is 0.368. The maximum atomic E-state index is 12.2. The quantitative estimate of drug-likeness (QED) is 0.689. The van der Waals surface area contributed by atoms with Crippen molar-refractivity contribution < 1.29 is 0 Å². The molecule has 3 aromatic rings. The smallest absolute Gasteiger partial charge is 0.260 e. The van der Waals surface area contributed by atoms with E-state index in [1.807, 2.05) is 43.3 Å². The number of piperazine rings is 1. The SMILES string of the molecule is CN(C)c1cc(N2CCN(c3ccc4c(=O)n(C)cnc4c3)CC2)ncn1. The molecule has 8 heteroatoms. The van der Waals surface area contributed by atoms with E-state index in [0.717, 1.165) is 49.0 Å². The van der Waals surface area contributed by atoms with Crippen LogP contribution in [0.1, 0.15) is 0 Å². The first kappa shape index (κ1) is 17.3. The average Bonchev–Trinajstić information content (AvgIpc) is 2.71. The number of hydrogen-bond acceptors (Lipinski definition) is 7. The van der Waals surface area contributed by atoms with Crippen LogP contribution in [-0.2, 0) is 7.05 Å². The van der Waals surface area contributed by atoms with Gasteiger partial charge in [0.25, 0.3) is 5.56 Å². The molecule has 140 valence electrons. The minimum atomic E-state index is -0.0168. The average molecular weight is 365 g/mol. The molecule has 0 spiro atoms. The van der Waals surface area contributed by atoms with Crippen molar-refractivity contribution in [2.75, 3.05) is 55.0 Å². The van der Waals surface area contributed by atoms with Crippen molar-refractivity contribution in [1.82, 2.24) is 19.5 Å². The van der Waals surface area contributed by atoms with Gasteiger partial charge in [0.2, 0.25) is 0 Å². The molecule has 3 heterocycles. The molecule has 0 radical (unpaired) electrons. The van der Waals surface area contributed by atoms with E-state index >= 15 is 0 Å². The molecule has 1 fully saturated rings. The molecule has 1 aromatic carbocycles. The summed E-state index contributed by atoms with van der Waals surface area (Å²) in [5.74, 6) is 1.86. The Morgan fingerprint density at radius 1 is 0.963 bits per heavy atom. The van der Waals surface area contributed by atoms with Crippen LogP contribution in [0, 0.1) is 0 Å². The lowest BCUT2D eigenvalue weighted by Gasteiger charge is -2.36. The van der Waals surface area contributed by atoms with Gasteiger partial charge in [-0.25, -0.2) is 15.0 Å². The van der Waals surface area contributed by atoms with Crippen molar-refractivity contribution in [3.63, 3.8) is 0 Å². The van der Waals surface area contributed by atoms with Gasteiger partial charge in [-0.15, -0.1) is 0 Å². The van der Waals surface area contributed by atoms with E-state index in [1.165, 1.54) is 4.57 Å². The van der Waals surface area contributed by atoms with Gasteiger partial charge in [-0.2, -0.15) is 0 Å². The number of benzene rings is 1. The van der Waals surface area contributed by atoms with Gasteiger partial charge in [0.05, 0.1) is 17.2 Å². The fourth-order valence-corrected chi connectivity index (χ4v) is 3.34. The third kappa shape index (κ3) is 3.30. The standard InChI is InChI=1S/C19H23N7O/c1-23(2)17-11-18(21-12-20-17)26-8-6-25(7-9-26)14-4-5-15-16(10-14)22-13-24(3)19(15)27/h4-5,10-13H,6-9H2,1-3H3. The molecule has 2 aromatic heterocycles. The molecular weight excluding hydrogens is 342 g/mol. The van der Waals surface area contributed by atoms with Crippen LogP contribution in [0.15, 0.2) is 41.7 Å². The summed E-state index contributed by atoms with van der Waals surface area (Å²) in [7, 11) is 5.67. The zero-order valence-corrected chi connectivity index (χ0v) is 15.8. The zero-order chi connectivity index (χ0) is 19.0. The fourth-order valence-electron chi connectivity index (χ4n) is 3.34. The van der Waals surface area contributed by atoms with Crippen LogP contribution in [0.2, 0.25) is 0 Å². The predicted octanol–water partition coefficient (Wildman–Crippen LogP) is 1.12. The first-order valence-electron chi connectivity index (χ1n) is 8.97. The Morgan fingerprint density at radius 3 is 2.44 bits per heavy atom. The minimum Gasteiger partial charge on any atom is -0.368 e. The van der Waals surface area contributed by atoms with Gasteiger partial charge in [-0.1, -0.05) is 0 Å². The summed E-state index contributed by atoms with van der Waals surface area (Å²) in [5, 5.41) is 0.652. The molecule has 0 aliphatic carbocycles. The van der Waals surface area contributed by atoms with Gasteiger partial charge in [0.1, 0.15) is 18.0 Å². The van der Waals surface area contributed by atoms with E-state index in [0.29, 0.717) is 5.39 Å². The molecule has 1 aliphatic rings. The van der Waals surface area contributed by atoms with Gasteiger partial charge in [-0.05, 0) is 18.2 Å². The molecule has 0 unspecified atom stereocenters. The van der Waals surface area contributed by atoms with Gasteiger partial charge in [-0.3, -0.25) is 4.79 Å². The highest BCUT2D eigenvalue weighted by molar-refractivity contribution is 5.81. The maximum Gasteiger partial charge on any atom is 0.260 e. The monoisotopic (exact) mass is 365 g/mol. The van der Waals surface area contributed by atoms with E-state index in [1.54, 1.807) is 19.7 Å². The number of rotatable bonds is 3. The second-order valence-electron chi connectivity index (χ2n) is 6.97. The lowest BCUT2D eigenvalue weighted by molar-refractivity contribution is 0.647. The number of nitrogens with zero attached hydrogens (tertiary/aromatic N) is 7. The van der Waals surface area contributed by atoms with Gasteiger partial charge in [0, 0.05) is 59.1 Å². The number of fused-ring (bicyclic) bond motifs is 1.